The first-order valence-corrected chi connectivity index (χ1v) is 7.63. The standard InChI is InChI=1S/C14H13BrN2O2S/c15-11-7-4-8-17-12(11)20-9-14(16,13(18)19)10-5-2-1-3-6-10/h1-8H,9,16H2,(H,18,19). The lowest BCUT2D eigenvalue weighted by atomic mass is 9.93. The van der Waals surface area contributed by atoms with Crippen molar-refractivity contribution >= 4 is 33.7 Å². The fourth-order valence-electron chi connectivity index (χ4n) is 1.66. The summed E-state index contributed by atoms with van der Waals surface area (Å²) in [6.07, 6.45) is 1.66. The van der Waals surface area contributed by atoms with Gasteiger partial charge in [-0.15, -0.1) is 11.8 Å². The Hall–Kier alpha value is -1.37. The third-order valence-electron chi connectivity index (χ3n) is 2.83. The maximum absolute atomic E-state index is 11.6. The molecule has 4 nitrogen and oxygen atoms in total. The van der Waals surface area contributed by atoms with E-state index in [9.17, 15) is 9.90 Å². The molecule has 0 fully saturated rings. The molecular formula is C14H13BrN2O2S. The molecule has 0 bridgehead atoms. The Labute approximate surface area is 129 Å². The lowest BCUT2D eigenvalue weighted by Crippen LogP contribution is -2.47. The third kappa shape index (κ3) is 3.20. The first-order chi connectivity index (χ1) is 9.54. The molecule has 104 valence electrons. The minimum absolute atomic E-state index is 0.196. The van der Waals surface area contributed by atoms with E-state index in [0.717, 1.165) is 9.50 Å². The van der Waals surface area contributed by atoms with Crippen LogP contribution >= 0.6 is 27.7 Å². The number of halogens is 1. The minimum atomic E-state index is -1.44. The van der Waals surface area contributed by atoms with Crippen LogP contribution in [-0.2, 0) is 10.3 Å². The average Bonchev–Trinajstić information content (AvgIpc) is 2.47. The smallest absolute Gasteiger partial charge is 0.329 e. The molecule has 2 rings (SSSR count). The highest BCUT2D eigenvalue weighted by molar-refractivity contribution is 9.10. The van der Waals surface area contributed by atoms with Crippen molar-refractivity contribution < 1.29 is 9.90 Å². The van der Waals surface area contributed by atoms with Gasteiger partial charge in [-0.2, -0.15) is 0 Å². The Morgan fingerprint density at radius 2 is 2.00 bits per heavy atom. The Kier molecular flexibility index (Phi) is 4.80. The van der Waals surface area contributed by atoms with E-state index < -0.39 is 11.5 Å². The van der Waals surface area contributed by atoms with Crippen molar-refractivity contribution in [2.75, 3.05) is 5.75 Å². The number of aromatic nitrogens is 1. The number of pyridine rings is 1. The monoisotopic (exact) mass is 352 g/mol. The van der Waals surface area contributed by atoms with Gasteiger partial charge < -0.3 is 10.8 Å². The number of hydrogen-bond donors (Lipinski definition) is 2. The lowest BCUT2D eigenvalue weighted by Gasteiger charge is -2.24. The second-order valence-corrected chi connectivity index (χ2v) is 6.04. The van der Waals surface area contributed by atoms with Crippen molar-refractivity contribution in [3.8, 4) is 0 Å². The number of nitrogens with two attached hydrogens (primary N) is 1. The van der Waals surface area contributed by atoms with Gasteiger partial charge in [-0.25, -0.2) is 9.78 Å². The molecule has 0 spiro atoms. The maximum atomic E-state index is 11.6. The van der Waals surface area contributed by atoms with Gasteiger partial charge in [0.15, 0.2) is 0 Å². The van der Waals surface area contributed by atoms with E-state index in [1.165, 1.54) is 11.8 Å². The lowest BCUT2D eigenvalue weighted by molar-refractivity contribution is -0.142. The molecule has 1 atom stereocenters. The zero-order valence-electron chi connectivity index (χ0n) is 10.5. The Balaban J connectivity index is 2.23. The van der Waals surface area contributed by atoms with Crippen LogP contribution in [0.3, 0.4) is 0 Å². The molecule has 0 aliphatic carbocycles. The molecule has 0 aliphatic heterocycles. The molecule has 6 heteroatoms. The molecular weight excluding hydrogens is 340 g/mol. The number of rotatable bonds is 5. The molecule has 0 saturated carbocycles. The fourth-order valence-corrected chi connectivity index (χ4v) is 3.26. The number of carboxylic acid groups (broad SMARTS) is 1. The molecule has 1 heterocycles. The van der Waals surface area contributed by atoms with E-state index in [1.54, 1.807) is 36.5 Å². The van der Waals surface area contributed by atoms with E-state index in [0.29, 0.717) is 5.56 Å². The quantitative estimate of drug-likeness (QED) is 0.809. The summed E-state index contributed by atoms with van der Waals surface area (Å²) in [4.78, 5) is 15.8. The predicted octanol–water partition coefficient (Wildman–Crippen LogP) is 2.88. The van der Waals surface area contributed by atoms with Crippen LogP contribution in [0.25, 0.3) is 0 Å². The molecule has 0 aliphatic rings. The Morgan fingerprint density at radius 1 is 1.30 bits per heavy atom. The summed E-state index contributed by atoms with van der Waals surface area (Å²) in [5.41, 5.74) is 5.23. The summed E-state index contributed by atoms with van der Waals surface area (Å²) >= 11 is 4.70. The second kappa shape index (κ2) is 6.39. The number of hydrogen-bond acceptors (Lipinski definition) is 4. The second-order valence-electron chi connectivity index (χ2n) is 4.22. The van der Waals surface area contributed by atoms with Gasteiger partial charge in [0.25, 0.3) is 0 Å². The highest BCUT2D eigenvalue weighted by Crippen LogP contribution is 2.31. The van der Waals surface area contributed by atoms with Crippen LogP contribution in [0.15, 0.2) is 58.2 Å². The van der Waals surface area contributed by atoms with Gasteiger partial charge in [0.05, 0.1) is 0 Å². The van der Waals surface area contributed by atoms with Crippen molar-refractivity contribution in [1.82, 2.24) is 4.98 Å². The predicted molar refractivity (Wildman–Crippen MR) is 82.6 cm³/mol. The van der Waals surface area contributed by atoms with E-state index in [-0.39, 0.29) is 5.75 Å². The summed E-state index contributed by atoms with van der Waals surface area (Å²) < 4.78 is 0.825. The molecule has 0 radical (unpaired) electrons. The molecule has 0 saturated heterocycles. The van der Waals surface area contributed by atoms with Crippen LogP contribution in [0.2, 0.25) is 0 Å². The van der Waals surface area contributed by atoms with Crippen LogP contribution < -0.4 is 5.73 Å². The topological polar surface area (TPSA) is 76.2 Å². The van der Waals surface area contributed by atoms with Crippen LogP contribution in [0, 0.1) is 0 Å². The van der Waals surface area contributed by atoms with Crippen molar-refractivity contribution in [2.45, 2.75) is 10.6 Å². The zero-order valence-corrected chi connectivity index (χ0v) is 12.9. The summed E-state index contributed by atoms with van der Waals surface area (Å²) in [5.74, 6) is -0.856. The molecule has 0 amide bonds. The van der Waals surface area contributed by atoms with E-state index in [4.69, 9.17) is 5.73 Å². The van der Waals surface area contributed by atoms with Crippen LogP contribution in [0.1, 0.15) is 5.56 Å². The molecule has 1 aromatic heterocycles. The summed E-state index contributed by atoms with van der Waals surface area (Å²) in [6, 6.07) is 12.5. The molecule has 1 unspecified atom stereocenters. The Morgan fingerprint density at radius 3 is 2.60 bits per heavy atom. The summed E-state index contributed by atoms with van der Waals surface area (Å²) in [5, 5.41) is 10.2. The largest absolute Gasteiger partial charge is 0.480 e. The summed E-state index contributed by atoms with van der Waals surface area (Å²) in [6.45, 7) is 0. The van der Waals surface area contributed by atoms with Crippen LogP contribution in [0.5, 0.6) is 0 Å². The highest BCUT2D eigenvalue weighted by atomic mass is 79.9. The van der Waals surface area contributed by atoms with E-state index >= 15 is 0 Å². The summed E-state index contributed by atoms with van der Waals surface area (Å²) in [7, 11) is 0. The number of carboxylic acids is 1. The number of nitrogens with zero attached hydrogens (tertiary/aromatic N) is 1. The molecule has 3 N–H and O–H groups in total. The van der Waals surface area contributed by atoms with Crippen molar-refractivity contribution in [1.29, 1.82) is 0 Å². The zero-order chi connectivity index (χ0) is 14.6. The average molecular weight is 353 g/mol. The Bertz CT molecular complexity index is 609. The van der Waals surface area contributed by atoms with Gasteiger partial charge in [-0.3, -0.25) is 0 Å². The number of aliphatic carboxylic acids is 1. The number of benzene rings is 1. The van der Waals surface area contributed by atoms with Crippen LogP contribution in [-0.4, -0.2) is 21.8 Å². The minimum Gasteiger partial charge on any atom is -0.480 e. The van der Waals surface area contributed by atoms with Crippen LogP contribution in [0.4, 0.5) is 0 Å². The fraction of sp³-hybridized carbons (Fsp3) is 0.143. The molecule has 2 aromatic rings. The number of thioether (sulfide) groups is 1. The maximum Gasteiger partial charge on any atom is 0.329 e. The first-order valence-electron chi connectivity index (χ1n) is 5.85. The molecule has 1 aromatic carbocycles. The first kappa shape index (κ1) is 15.0. The SMILES string of the molecule is NC(CSc1ncccc1Br)(C(=O)O)c1ccccc1. The van der Waals surface area contributed by atoms with Gasteiger partial charge in [0.1, 0.15) is 10.6 Å². The van der Waals surface area contributed by atoms with Gasteiger partial charge in [-0.1, -0.05) is 30.3 Å². The van der Waals surface area contributed by atoms with Gasteiger partial charge >= 0.3 is 5.97 Å². The molecule has 20 heavy (non-hydrogen) atoms. The van der Waals surface area contributed by atoms with Gasteiger partial charge in [0.2, 0.25) is 0 Å². The normalized spacial score (nSPS) is 13.7. The third-order valence-corrected chi connectivity index (χ3v) is 4.93. The van der Waals surface area contributed by atoms with Gasteiger partial charge in [0, 0.05) is 16.4 Å². The van der Waals surface area contributed by atoms with E-state index in [2.05, 4.69) is 20.9 Å². The highest BCUT2D eigenvalue weighted by Gasteiger charge is 2.36. The van der Waals surface area contributed by atoms with Crippen molar-refractivity contribution in [2.24, 2.45) is 5.73 Å². The van der Waals surface area contributed by atoms with Gasteiger partial charge in [-0.05, 0) is 33.6 Å². The van der Waals surface area contributed by atoms with E-state index in [1.807, 2.05) is 12.1 Å². The number of carbonyl (C=O) groups is 1. The van der Waals surface area contributed by atoms with Crippen molar-refractivity contribution in [3.63, 3.8) is 0 Å². The van der Waals surface area contributed by atoms with Crippen molar-refractivity contribution in [3.05, 3.63) is 58.7 Å².